The topological polar surface area (TPSA) is 55.9 Å². The van der Waals surface area contributed by atoms with Crippen molar-refractivity contribution in [3.63, 3.8) is 0 Å². The second kappa shape index (κ2) is 7.66. The molecule has 1 heterocycles. The molecule has 0 unspecified atom stereocenters. The molecule has 0 fully saturated rings. The third kappa shape index (κ3) is 4.36. The van der Waals surface area contributed by atoms with Crippen molar-refractivity contribution in [2.24, 2.45) is 0 Å². The summed E-state index contributed by atoms with van der Waals surface area (Å²) in [7, 11) is 5.71. The molecule has 0 bridgehead atoms. The molecule has 2 aromatic rings. The highest BCUT2D eigenvalue weighted by Crippen LogP contribution is 2.12. The van der Waals surface area contributed by atoms with Gasteiger partial charge in [-0.25, -0.2) is 0 Å². The number of ether oxygens (including phenoxy) is 1. The molecule has 2 N–H and O–H groups in total. The fraction of sp³-hybridized carbons (Fsp3) is 0.353. The van der Waals surface area contributed by atoms with Crippen molar-refractivity contribution in [2.75, 3.05) is 27.7 Å². The minimum atomic E-state index is 0.00275. The lowest BCUT2D eigenvalue weighted by Crippen LogP contribution is -3.07. The maximum absolute atomic E-state index is 12.1. The number of amides is 1. The molecule has 0 aliphatic rings. The van der Waals surface area contributed by atoms with E-state index >= 15 is 0 Å². The number of benzene rings is 1. The van der Waals surface area contributed by atoms with Crippen LogP contribution < -0.4 is 15.0 Å². The van der Waals surface area contributed by atoms with Crippen molar-refractivity contribution in [3.8, 4) is 5.75 Å². The average molecular weight is 303 g/mol. The minimum absolute atomic E-state index is 0.00275. The quantitative estimate of drug-likeness (QED) is 0.797. The molecule has 1 aromatic carbocycles. The van der Waals surface area contributed by atoms with Crippen LogP contribution in [0.5, 0.6) is 5.75 Å². The monoisotopic (exact) mass is 303 g/mol. The van der Waals surface area contributed by atoms with E-state index in [2.05, 4.69) is 5.32 Å². The zero-order valence-electron chi connectivity index (χ0n) is 13.3. The Hall–Kier alpha value is -2.27. The highest BCUT2D eigenvalue weighted by atomic mass is 16.5. The Balaban J connectivity index is 1.88. The van der Waals surface area contributed by atoms with Crippen LogP contribution in [0.3, 0.4) is 0 Å². The smallest absolute Gasteiger partial charge is 0.224 e. The summed E-state index contributed by atoms with van der Waals surface area (Å²) >= 11 is 0. The maximum Gasteiger partial charge on any atom is 0.224 e. The predicted molar refractivity (Wildman–Crippen MR) is 84.0 cm³/mol. The van der Waals surface area contributed by atoms with Gasteiger partial charge in [0.25, 0.3) is 0 Å². The molecule has 0 aliphatic heterocycles. The minimum Gasteiger partial charge on any atom is -0.497 e. The number of methoxy groups -OCH3 is 1. The van der Waals surface area contributed by atoms with Gasteiger partial charge in [-0.15, -0.1) is 0 Å². The Morgan fingerprint density at radius 3 is 2.55 bits per heavy atom. The third-order valence-electron chi connectivity index (χ3n) is 3.61. The van der Waals surface area contributed by atoms with Crippen LogP contribution in [0.25, 0.3) is 0 Å². The van der Waals surface area contributed by atoms with Gasteiger partial charge in [-0.2, -0.15) is 0 Å². The van der Waals surface area contributed by atoms with Gasteiger partial charge in [-0.3, -0.25) is 4.79 Å². The van der Waals surface area contributed by atoms with Gasteiger partial charge in [0.1, 0.15) is 5.75 Å². The molecule has 1 aromatic heterocycles. The van der Waals surface area contributed by atoms with Gasteiger partial charge < -0.3 is 19.4 Å². The van der Waals surface area contributed by atoms with Gasteiger partial charge in [0, 0.05) is 0 Å². The average Bonchev–Trinajstić information content (AvgIpc) is 3.02. The maximum atomic E-state index is 12.1. The van der Waals surface area contributed by atoms with E-state index in [-0.39, 0.29) is 11.9 Å². The number of carbonyl (C=O) groups is 1. The summed E-state index contributed by atoms with van der Waals surface area (Å²) in [6.45, 7) is 0.546. The number of hydrogen-bond donors (Lipinski definition) is 2. The van der Waals surface area contributed by atoms with Crippen LogP contribution in [0, 0.1) is 0 Å². The zero-order chi connectivity index (χ0) is 15.9. The molecule has 0 saturated carbocycles. The molecule has 5 nitrogen and oxygen atoms in total. The second-order valence-corrected chi connectivity index (χ2v) is 5.47. The molecule has 0 radical (unpaired) electrons. The van der Waals surface area contributed by atoms with Crippen molar-refractivity contribution in [2.45, 2.75) is 12.5 Å². The molecular formula is C17H23N2O3+. The summed E-state index contributed by atoms with van der Waals surface area (Å²) in [6.07, 6.45) is 2.02. The first kappa shape index (κ1) is 16.1. The van der Waals surface area contributed by atoms with Crippen LogP contribution in [0.15, 0.2) is 47.1 Å². The van der Waals surface area contributed by atoms with Crippen molar-refractivity contribution >= 4 is 5.91 Å². The number of quaternary nitrogens is 1. The molecular weight excluding hydrogens is 280 g/mol. The Morgan fingerprint density at radius 1 is 1.27 bits per heavy atom. The Labute approximate surface area is 130 Å². The van der Waals surface area contributed by atoms with Crippen LogP contribution >= 0.6 is 0 Å². The molecule has 118 valence electrons. The van der Waals surface area contributed by atoms with Gasteiger partial charge in [-0.1, -0.05) is 12.1 Å². The first-order valence-electron chi connectivity index (χ1n) is 7.33. The Morgan fingerprint density at radius 2 is 2.00 bits per heavy atom. The summed E-state index contributed by atoms with van der Waals surface area (Å²) < 4.78 is 10.6. The van der Waals surface area contributed by atoms with E-state index < -0.39 is 0 Å². The van der Waals surface area contributed by atoms with E-state index in [4.69, 9.17) is 9.15 Å². The molecule has 1 amide bonds. The van der Waals surface area contributed by atoms with Crippen molar-refractivity contribution < 1.29 is 18.8 Å². The molecule has 0 aliphatic carbocycles. The van der Waals surface area contributed by atoms with Crippen LogP contribution in [-0.4, -0.2) is 33.7 Å². The van der Waals surface area contributed by atoms with Crippen LogP contribution in [-0.2, 0) is 11.2 Å². The summed E-state index contributed by atoms with van der Waals surface area (Å²) in [6, 6.07) is 11.4. The highest BCUT2D eigenvalue weighted by molar-refractivity contribution is 5.78. The van der Waals surface area contributed by atoms with Crippen molar-refractivity contribution in [1.29, 1.82) is 0 Å². The SMILES string of the molecule is COc1ccc(CC(=O)NC[C@@H](c2ccco2)[NH+](C)C)cc1. The van der Waals surface area contributed by atoms with Crippen LogP contribution in [0.1, 0.15) is 17.4 Å². The molecule has 0 saturated heterocycles. The number of nitrogens with one attached hydrogen (secondary N) is 2. The van der Waals surface area contributed by atoms with Crippen LogP contribution in [0.4, 0.5) is 0 Å². The highest BCUT2D eigenvalue weighted by Gasteiger charge is 2.21. The lowest BCUT2D eigenvalue weighted by molar-refractivity contribution is -0.891. The fourth-order valence-corrected chi connectivity index (χ4v) is 2.29. The third-order valence-corrected chi connectivity index (χ3v) is 3.61. The number of carbonyl (C=O) groups excluding carboxylic acids is 1. The summed E-state index contributed by atoms with van der Waals surface area (Å²) in [4.78, 5) is 13.3. The summed E-state index contributed by atoms with van der Waals surface area (Å²) in [5.41, 5.74) is 0.963. The normalized spacial score (nSPS) is 12.2. The predicted octanol–water partition coefficient (Wildman–Crippen LogP) is 0.833. The Bertz CT molecular complexity index is 576. The van der Waals surface area contributed by atoms with Gasteiger partial charge in [0.2, 0.25) is 5.91 Å². The fourth-order valence-electron chi connectivity index (χ4n) is 2.29. The number of furan rings is 1. The molecule has 22 heavy (non-hydrogen) atoms. The van der Waals surface area contributed by atoms with Gasteiger partial charge in [0.05, 0.1) is 40.4 Å². The van der Waals surface area contributed by atoms with Gasteiger partial charge in [-0.05, 0) is 29.8 Å². The largest absolute Gasteiger partial charge is 0.497 e. The summed E-state index contributed by atoms with van der Waals surface area (Å²) in [5, 5.41) is 2.98. The van der Waals surface area contributed by atoms with Crippen molar-refractivity contribution in [1.82, 2.24) is 5.32 Å². The number of rotatable bonds is 7. The number of hydrogen-bond acceptors (Lipinski definition) is 3. The first-order chi connectivity index (χ1) is 10.6. The van der Waals surface area contributed by atoms with Crippen molar-refractivity contribution in [3.05, 3.63) is 54.0 Å². The van der Waals surface area contributed by atoms with Crippen LogP contribution in [0.2, 0.25) is 0 Å². The molecule has 5 heteroatoms. The van der Waals surface area contributed by atoms with E-state index in [9.17, 15) is 4.79 Å². The van der Waals surface area contributed by atoms with E-state index in [1.165, 1.54) is 4.90 Å². The Kier molecular flexibility index (Phi) is 5.61. The summed E-state index contributed by atoms with van der Waals surface area (Å²) in [5.74, 6) is 1.67. The van der Waals surface area contributed by atoms with E-state index in [1.807, 2.05) is 50.5 Å². The number of likely N-dealkylation sites (N-methyl/N-ethyl adjacent to an activating group) is 1. The standard InChI is InChI=1S/C17H22N2O3/c1-19(2)15(16-5-4-10-22-16)12-18-17(20)11-13-6-8-14(21-3)9-7-13/h4-10,15H,11-12H2,1-3H3,(H,18,20)/p+1/t15-/m0/s1. The second-order valence-electron chi connectivity index (χ2n) is 5.47. The lowest BCUT2D eigenvalue weighted by Gasteiger charge is -2.19. The zero-order valence-corrected chi connectivity index (χ0v) is 13.3. The first-order valence-corrected chi connectivity index (χ1v) is 7.33. The lowest BCUT2D eigenvalue weighted by atomic mass is 10.1. The molecule has 1 atom stereocenters. The van der Waals surface area contributed by atoms with Gasteiger partial charge in [0.15, 0.2) is 11.8 Å². The molecule has 2 rings (SSSR count). The van der Waals surface area contributed by atoms with E-state index in [0.717, 1.165) is 17.1 Å². The molecule has 0 spiro atoms. The van der Waals surface area contributed by atoms with E-state index in [1.54, 1.807) is 13.4 Å². The van der Waals surface area contributed by atoms with Gasteiger partial charge >= 0.3 is 0 Å². The van der Waals surface area contributed by atoms with E-state index in [0.29, 0.717) is 13.0 Å².